The maximum absolute atomic E-state index is 11.5. The van der Waals surface area contributed by atoms with Gasteiger partial charge in [0.05, 0.1) is 4.90 Å². The van der Waals surface area contributed by atoms with E-state index in [-0.39, 0.29) is 34.5 Å². The van der Waals surface area contributed by atoms with Crippen LogP contribution in [-0.2, 0) is 16.5 Å². The molecule has 0 N–H and O–H groups in total. The van der Waals surface area contributed by atoms with Crippen molar-refractivity contribution in [1.29, 1.82) is 0 Å². The first kappa shape index (κ1) is 24.2. The fourth-order valence-electron chi connectivity index (χ4n) is 2.96. The average molecular weight is 399 g/mol. The van der Waals surface area contributed by atoms with E-state index in [9.17, 15) is 13.0 Å². The minimum atomic E-state index is -4.48. The molecule has 0 bridgehead atoms. The number of ether oxygens (including phenoxy) is 1. The van der Waals surface area contributed by atoms with Crippen LogP contribution in [0.15, 0.2) is 53.4 Å². The van der Waals surface area contributed by atoms with Gasteiger partial charge in [0.1, 0.15) is 21.6 Å². The predicted octanol–water partition coefficient (Wildman–Crippen LogP) is 2.68. The fourth-order valence-corrected chi connectivity index (χ4v) is 3.67. The summed E-state index contributed by atoms with van der Waals surface area (Å²) in [7, 11) is -4.48. The molecule has 0 aliphatic carbocycles. The molecule has 27 heavy (non-hydrogen) atoms. The van der Waals surface area contributed by atoms with Crippen molar-refractivity contribution < 1.29 is 47.3 Å². The molecule has 0 aromatic heterocycles. The second-order valence-corrected chi connectivity index (χ2v) is 7.86. The quantitative estimate of drug-likeness (QED) is 0.332. The Morgan fingerprint density at radius 2 is 1.48 bits per heavy atom. The molecule has 6 heteroatoms. The van der Waals surface area contributed by atoms with E-state index in [2.05, 4.69) is 6.92 Å². The van der Waals surface area contributed by atoms with Crippen LogP contribution in [-0.4, -0.2) is 13.0 Å². The Morgan fingerprint density at radius 3 is 2.11 bits per heavy atom. The zero-order chi connectivity index (χ0) is 18.8. The van der Waals surface area contributed by atoms with Crippen LogP contribution in [0.1, 0.15) is 57.4 Å². The van der Waals surface area contributed by atoms with Crippen LogP contribution in [0.5, 0.6) is 11.5 Å². The molecule has 4 nitrogen and oxygen atoms in total. The van der Waals surface area contributed by atoms with Gasteiger partial charge >= 0.3 is 29.6 Å². The van der Waals surface area contributed by atoms with E-state index in [0.717, 1.165) is 19.3 Å². The van der Waals surface area contributed by atoms with Crippen LogP contribution in [0.4, 0.5) is 0 Å². The number of hydrogen-bond acceptors (Lipinski definition) is 4. The van der Waals surface area contributed by atoms with E-state index in [1.807, 2.05) is 30.3 Å². The Labute approximate surface area is 185 Å². The Kier molecular flexibility index (Phi) is 11.3. The second kappa shape index (κ2) is 12.6. The average Bonchev–Trinajstić information content (AvgIpc) is 2.61. The smallest absolute Gasteiger partial charge is 0.744 e. The maximum Gasteiger partial charge on any atom is 1.00 e. The van der Waals surface area contributed by atoms with Gasteiger partial charge in [0.15, 0.2) is 0 Å². The van der Waals surface area contributed by atoms with Crippen molar-refractivity contribution in [2.45, 2.75) is 63.2 Å². The van der Waals surface area contributed by atoms with Crippen molar-refractivity contribution in [3.63, 3.8) is 0 Å². The molecule has 0 saturated carbocycles. The summed E-state index contributed by atoms with van der Waals surface area (Å²) < 4.78 is 40.4. The third kappa shape index (κ3) is 8.79. The van der Waals surface area contributed by atoms with Crippen molar-refractivity contribution in [2.24, 2.45) is 0 Å². The van der Waals surface area contributed by atoms with Crippen LogP contribution >= 0.6 is 0 Å². The molecule has 0 saturated heterocycles. The van der Waals surface area contributed by atoms with E-state index < -0.39 is 10.1 Å². The van der Waals surface area contributed by atoms with Crippen LogP contribution in [0.3, 0.4) is 0 Å². The summed E-state index contributed by atoms with van der Waals surface area (Å²) in [6.45, 7) is 2.19. The third-order valence-corrected chi connectivity index (χ3v) is 5.27. The second-order valence-electron chi connectivity index (χ2n) is 6.51. The van der Waals surface area contributed by atoms with Gasteiger partial charge < -0.3 is 9.29 Å². The van der Waals surface area contributed by atoms with Gasteiger partial charge in [-0.3, -0.25) is 0 Å². The van der Waals surface area contributed by atoms with E-state index in [0.29, 0.717) is 23.5 Å². The molecule has 2 aromatic rings. The van der Waals surface area contributed by atoms with Crippen molar-refractivity contribution >= 4 is 10.1 Å². The van der Waals surface area contributed by atoms with E-state index in [1.54, 1.807) is 6.07 Å². The summed E-state index contributed by atoms with van der Waals surface area (Å²) in [5.41, 5.74) is 0.544. The van der Waals surface area contributed by atoms with Crippen LogP contribution < -0.4 is 34.3 Å². The maximum atomic E-state index is 11.5. The topological polar surface area (TPSA) is 66.4 Å². The van der Waals surface area contributed by atoms with E-state index in [1.165, 1.54) is 37.8 Å². The SMILES string of the molecule is CCCCCCCCCc1cc(Oc2ccccc2)ccc1S(=O)(=O)[O-].[Na+]. The van der Waals surface area contributed by atoms with Gasteiger partial charge in [-0.05, 0) is 48.7 Å². The number of benzene rings is 2. The van der Waals surface area contributed by atoms with Crippen LogP contribution in [0.25, 0.3) is 0 Å². The summed E-state index contributed by atoms with van der Waals surface area (Å²) in [5.74, 6) is 1.22. The Hall–Kier alpha value is -0.850. The summed E-state index contributed by atoms with van der Waals surface area (Å²) in [6, 6.07) is 13.9. The standard InChI is InChI=1S/C21H28O4S.Na/c1-2-3-4-5-6-7-9-12-18-17-20(15-16-21(18)26(22,23)24)25-19-13-10-8-11-14-19;/h8,10-11,13-17H,2-7,9,12H2,1H3,(H,22,23,24);/q;+1/p-1. The van der Waals surface area contributed by atoms with Crippen molar-refractivity contribution in [2.75, 3.05) is 0 Å². The van der Waals surface area contributed by atoms with Crippen LogP contribution in [0, 0.1) is 0 Å². The molecule has 142 valence electrons. The first-order valence-electron chi connectivity index (χ1n) is 9.32. The summed E-state index contributed by atoms with van der Waals surface area (Å²) in [6.07, 6.45) is 8.54. The normalized spacial score (nSPS) is 11.0. The first-order chi connectivity index (χ1) is 12.5. The van der Waals surface area contributed by atoms with Gasteiger partial charge in [-0.25, -0.2) is 8.42 Å². The first-order valence-corrected chi connectivity index (χ1v) is 10.7. The van der Waals surface area contributed by atoms with Gasteiger partial charge in [-0.1, -0.05) is 63.6 Å². The number of para-hydroxylation sites is 1. The molecule has 0 spiro atoms. The zero-order valence-corrected chi connectivity index (χ0v) is 19.1. The van der Waals surface area contributed by atoms with E-state index >= 15 is 0 Å². The molecule has 0 unspecified atom stereocenters. The van der Waals surface area contributed by atoms with Gasteiger partial charge in [0, 0.05) is 0 Å². The Morgan fingerprint density at radius 1 is 0.852 bits per heavy atom. The molecule has 0 fully saturated rings. The van der Waals surface area contributed by atoms with Gasteiger partial charge in [0.25, 0.3) is 0 Å². The number of aryl methyl sites for hydroxylation is 1. The van der Waals surface area contributed by atoms with Crippen molar-refractivity contribution in [1.82, 2.24) is 0 Å². The van der Waals surface area contributed by atoms with Gasteiger partial charge in [-0.15, -0.1) is 0 Å². The Balaban J connectivity index is 0.00000364. The molecule has 0 heterocycles. The number of hydrogen-bond donors (Lipinski definition) is 0. The predicted molar refractivity (Wildman–Crippen MR) is 103 cm³/mol. The molecule has 0 amide bonds. The number of unbranched alkanes of at least 4 members (excludes halogenated alkanes) is 6. The summed E-state index contributed by atoms with van der Waals surface area (Å²) in [4.78, 5) is -0.135. The van der Waals surface area contributed by atoms with Gasteiger partial charge in [-0.2, -0.15) is 0 Å². The largest absolute Gasteiger partial charge is 1.00 e. The van der Waals surface area contributed by atoms with Crippen molar-refractivity contribution in [3.8, 4) is 11.5 Å². The molecule has 2 aromatic carbocycles. The van der Waals surface area contributed by atoms with Crippen molar-refractivity contribution in [3.05, 3.63) is 54.1 Å². The molecular formula is C21H27NaO4S. The summed E-state index contributed by atoms with van der Waals surface area (Å²) in [5, 5.41) is 0. The third-order valence-electron chi connectivity index (χ3n) is 4.33. The molecule has 0 atom stereocenters. The minimum absolute atomic E-state index is 0. The molecule has 0 aliphatic rings. The molecular weight excluding hydrogens is 371 g/mol. The Bertz CT molecular complexity index is 776. The van der Waals surface area contributed by atoms with Gasteiger partial charge in [0.2, 0.25) is 0 Å². The van der Waals surface area contributed by atoms with Crippen LogP contribution in [0.2, 0.25) is 0 Å². The van der Waals surface area contributed by atoms with E-state index in [4.69, 9.17) is 4.74 Å². The fraction of sp³-hybridized carbons (Fsp3) is 0.429. The zero-order valence-electron chi connectivity index (χ0n) is 16.3. The summed E-state index contributed by atoms with van der Waals surface area (Å²) >= 11 is 0. The molecule has 0 aliphatic heterocycles. The molecule has 0 radical (unpaired) electrons. The minimum Gasteiger partial charge on any atom is -0.744 e. The molecule has 2 rings (SSSR count). The monoisotopic (exact) mass is 398 g/mol. The number of rotatable bonds is 11.